The van der Waals surface area contributed by atoms with Gasteiger partial charge in [-0.05, 0) is 35.3 Å². The Morgan fingerprint density at radius 2 is 1.00 bits per heavy atom. The first-order chi connectivity index (χ1) is 17.1. The highest BCUT2D eigenvalue weighted by Crippen LogP contribution is 2.25. The molecule has 2 aliphatic heterocycles. The fourth-order valence-corrected chi connectivity index (χ4v) is 3.51. The van der Waals surface area contributed by atoms with Crippen molar-refractivity contribution in [3.05, 3.63) is 45.2 Å². The molecule has 0 unspecified atom stereocenters. The number of hydrogen-bond acceptors (Lipinski definition) is 12. The molecule has 1 aromatic rings. The Balaban J connectivity index is 1.64. The van der Waals surface area contributed by atoms with Crippen LogP contribution >= 0.6 is 0 Å². The van der Waals surface area contributed by atoms with Crippen LogP contribution in [0.4, 0.5) is 11.4 Å². The van der Waals surface area contributed by atoms with Crippen LogP contribution in [0.3, 0.4) is 0 Å². The Morgan fingerprint density at radius 3 is 1.31 bits per heavy atom. The molecule has 0 aliphatic carbocycles. The van der Waals surface area contributed by atoms with E-state index in [1.807, 2.05) is 0 Å². The summed E-state index contributed by atoms with van der Waals surface area (Å²) >= 11 is 0. The summed E-state index contributed by atoms with van der Waals surface area (Å²) < 4.78 is 10.2. The monoisotopic (exact) mass is 510 g/mol. The average molecular weight is 510 g/mol. The Labute approximate surface area is 200 Å². The van der Waals surface area contributed by atoms with Gasteiger partial charge < -0.3 is 50.7 Å². The van der Waals surface area contributed by atoms with Crippen molar-refractivity contribution in [2.24, 2.45) is 10.2 Å². The number of anilines is 2. The number of aliphatic hydroxyl groups is 6. The van der Waals surface area contributed by atoms with E-state index < -0.39 is 73.1 Å². The van der Waals surface area contributed by atoms with Gasteiger partial charge in [-0.15, -0.1) is 0 Å². The Hall–Kier alpha value is -3.54. The number of azide groups is 2. The molecule has 18 heteroatoms. The van der Waals surface area contributed by atoms with Crippen LogP contribution in [-0.2, 0) is 19.1 Å². The first kappa shape index (κ1) is 27.1. The molecule has 0 aromatic heterocycles. The number of nitrogens with zero attached hydrogens (tertiary/aromatic N) is 6. The van der Waals surface area contributed by atoms with Gasteiger partial charge in [0.1, 0.15) is 36.6 Å². The van der Waals surface area contributed by atoms with Crippen LogP contribution in [0, 0.1) is 0 Å². The second-order valence-corrected chi connectivity index (χ2v) is 7.80. The molecule has 0 saturated carbocycles. The highest BCUT2D eigenvalue weighted by atomic mass is 16.6. The summed E-state index contributed by atoms with van der Waals surface area (Å²) in [4.78, 5) is 29.9. The van der Waals surface area contributed by atoms with Gasteiger partial charge >= 0.3 is 0 Å². The first-order valence-corrected chi connectivity index (χ1v) is 10.3. The predicted octanol–water partition coefficient (Wildman–Crippen LogP) is -2.20. The maximum absolute atomic E-state index is 12.5. The number of carbonyl (C=O) groups is 2. The molecule has 0 radical (unpaired) electrons. The number of aliphatic hydroxyl groups excluding tert-OH is 6. The zero-order valence-electron chi connectivity index (χ0n) is 18.1. The molecule has 10 atom stereocenters. The van der Waals surface area contributed by atoms with Crippen molar-refractivity contribution < 1.29 is 49.7 Å². The molecular formula is C18H22N8O10. The van der Waals surface area contributed by atoms with E-state index in [-0.39, 0.29) is 11.4 Å². The van der Waals surface area contributed by atoms with Crippen LogP contribution in [0.5, 0.6) is 0 Å². The smallest absolute Gasteiger partial charge is 0.256 e. The summed E-state index contributed by atoms with van der Waals surface area (Å²) in [6, 6.07) is 5.33. The van der Waals surface area contributed by atoms with Crippen molar-refractivity contribution >= 4 is 23.2 Å². The van der Waals surface area contributed by atoms with Gasteiger partial charge in [-0.2, -0.15) is 0 Å². The molecule has 3 rings (SSSR count). The zero-order valence-corrected chi connectivity index (χ0v) is 18.1. The highest BCUT2D eigenvalue weighted by Gasteiger charge is 2.47. The van der Waals surface area contributed by atoms with Gasteiger partial charge in [0, 0.05) is 21.2 Å². The van der Waals surface area contributed by atoms with Crippen molar-refractivity contribution in [3.63, 3.8) is 0 Å². The summed E-state index contributed by atoms with van der Waals surface area (Å²) in [7, 11) is 0. The predicted molar refractivity (Wildman–Crippen MR) is 115 cm³/mol. The number of amides is 2. The molecule has 1 aromatic carbocycles. The minimum absolute atomic E-state index is 0.158. The van der Waals surface area contributed by atoms with Gasteiger partial charge in [0.25, 0.3) is 11.8 Å². The molecule has 0 spiro atoms. The molecule has 36 heavy (non-hydrogen) atoms. The number of hydrogen-bond donors (Lipinski definition) is 8. The third-order valence-corrected chi connectivity index (χ3v) is 5.44. The Bertz CT molecular complexity index is 979. The standard InChI is InChI=1S/C18H22N8O10/c19-25-23-17-11(31)7(27)9(29)13(35-17)15(33)21-5-1-2-6(4-3-5)22-16(34)14-10(30)8(28)12(32)18(36-14)24-26-20/h1-4,7-14,17-18,27-32H,(H,21,33)(H,22,34)/t7-,8-,9-,10-,11+,12+,13-,14-,17+,18+/m0/s1. The van der Waals surface area contributed by atoms with Crippen LogP contribution < -0.4 is 10.6 Å². The van der Waals surface area contributed by atoms with Gasteiger partial charge in [0.2, 0.25) is 0 Å². The lowest BCUT2D eigenvalue weighted by molar-refractivity contribution is -0.216. The molecule has 2 saturated heterocycles. The fourth-order valence-electron chi connectivity index (χ4n) is 3.51. The SMILES string of the molecule is [N-]=[N+]=N[C@@H]1O[C@H](C(=O)Nc2ccc(NC(=O)[C@H]3O[C@@H](N=[N+]=[N-])[C@H](O)[C@@H](O)[C@@H]3O)cc2)[C@@H](O)[C@H](O)[C@H]1O. The van der Waals surface area contributed by atoms with E-state index in [0.29, 0.717) is 0 Å². The quantitative estimate of drug-likeness (QED) is 0.116. The zero-order chi connectivity index (χ0) is 26.6. The van der Waals surface area contributed by atoms with E-state index in [9.17, 15) is 40.2 Å². The highest BCUT2D eigenvalue weighted by molar-refractivity contribution is 5.96. The van der Waals surface area contributed by atoms with Crippen molar-refractivity contribution in [2.75, 3.05) is 10.6 Å². The van der Waals surface area contributed by atoms with Gasteiger partial charge in [-0.3, -0.25) is 9.59 Å². The molecule has 2 fully saturated rings. The van der Waals surface area contributed by atoms with E-state index >= 15 is 0 Å². The molecule has 8 N–H and O–H groups in total. The van der Waals surface area contributed by atoms with Crippen LogP contribution in [0.1, 0.15) is 0 Å². The minimum atomic E-state index is -1.83. The van der Waals surface area contributed by atoms with Gasteiger partial charge in [0.05, 0.1) is 0 Å². The molecule has 2 heterocycles. The van der Waals surface area contributed by atoms with Gasteiger partial charge in [0.15, 0.2) is 24.7 Å². The Morgan fingerprint density at radius 1 is 0.667 bits per heavy atom. The van der Waals surface area contributed by atoms with Crippen LogP contribution in [0.2, 0.25) is 0 Å². The number of benzene rings is 1. The van der Waals surface area contributed by atoms with Crippen molar-refractivity contribution in [2.45, 2.75) is 61.3 Å². The van der Waals surface area contributed by atoms with Crippen molar-refractivity contribution in [1.29, 1.82) is 0 Å². The van der Waals surface area contributed by atoms with Gasteiger partial charge in [-0.1, -0.05) is 10.2 Å². The Kier molecular flexibility index (Phi) is 8.62. The largest absolute Gasteiger partial charge is 0.387 e. The summed E-state index contributed by atoms with van der Waals surface area (Å²) in [6.07, 6.45) is -17.4. The van der Waals surface area contributed by atoms with Crippen molar-refractivity contribution in [1.82, 2.24) is 0 Å². The first-order valence-electron chi connectivity index (χ1n) is 10.3. The normalized spacial score (nSPS) is 36.1. The maximum Gasteiger partial charge on any atom is 0.256 e. The number of ether oxygens (including phenoxy) is 2. The average Bonchev–Trinajstić information content (AvgIpc) is 2.85. The van der Waals surface area contributed by atoms with E-state index in [4.69, 9.17) is 20.5 Å². The van der Waals surface area contributed by atoms with E-state index in [2.05, 4.69) is 30.7 Å². The summed E-state index contributed by atoms with van der Waals surface area (Å²) in [6.45, 7) is 0. The molecule has 0 bridgehead atoms. The van der Waals surface area contributed by atoms with Gasteiger partial charge in [-0.25, -0.2) is 0 Å². The van der Waals surface area contributed by atoms with E-state index in [1.54, 1.807) is 0 Å². The lowest BCUT2D eigenvalue weighted by atomic mass is 9.97. The second kappa shape index (κ2) is 11.5. The maximum atomic E-state index is 12.5. The second-order valence-electron chi connectivity index (χ2n) is 7.80. The molecule has 18 nitrogen and oxygen atoms in total. The van der Waals surface area contributed by atoms with Crippen LogP contribution in [-0.4, -0.2) is 104 Å². The summed E-state index contributed by atoms with van der Waals surface area (Å²) in [5.74, 6) is -1.86. The van der Waals surface area contributed by atoms with Crippen LogP contribution in [0.25, 0.3) is 20.9 Å². The number of nitrogens with one attached hydrogen (secondary N) is 2. The van der Waals surface area contributed by atoms with Crippen molar-refractivity contribution in [3.8, 4) is 0 Å². The molecule has 2 amide bonds. The minimum Gasteiger partial charge on any atom is -0.387 e. The fraction of sp³-hybridized carbons (Fsp3) is 0.556. The third-order valence-electron chi connectivity index (χ3n) is 5.44. The van der Waals surface area contributed by atoms with E-state index in [1.165, 1.54) is 24.3 Å². The summed E-state index contributed by atoms with van der Waals surface area (Å²) in [5.41, 5.74) is 17.4. The molecular weight excluding hydrogens is 488 g/mol. The lowest BCUT2D eigenvalue weighted by Gasteiger charge is -2.38. The van der Waals surface area contributed by atoms with Crippen LogP contribution in [0.15, 0.2) is 34.5 Å². The van der Waals surface area contributed by atoms with E-state index in [0.717, 1.165) is 0 Å². The number of carbonyl (C=O) groups excluding carboxylic acids is 2. The lowest BCUT2D eigenvalue weighted by Crippen LogP contribution is -2.60. The molecule has 194 valence electrons. The summed E-state index contributed by atoms with van der Waals surface area (Å²) in [5, 5.41) is 70.5. The number of rotatable bonds is 6. The third kappa shape index (κ3) is 5.64. The topological polar surface area (TPSA) is 296 Å². The molecule has 2 aliphatic rings.